The third kappa shape index (κ3) is 5.63. The van der Waals surface area contributed by atoms with E-state index in [4.69, 9.17) is 15.5 Å². The van der Waals surface area contributed by atoms with Crippen LogP contribution in [-0.2, 0) is 4.57 Å². The molecule has 1 rings (SSSR count). The number of carbonyl (C=O) groups is 1. The molecule has 1 aromatic rings. The third-order valence-electron chi connectivity index (χ3n) is 1.49. The zero-order valence-electron chi connectivity index (χ0n) is 8.54. The molecule has 5 nitrogen and oxygen atoms in total. The first-order valence-electron chi connectivity index (χ1n) is 3.37. The summed E-state index contributed by atoms with van der Waals surface area (Å²) in [7, 11) is -4.22. The fraction of sp³-hybridized carbons (Fsp3) is 0. The van der Waals surface area contributed by atoms with Crippen LogP contribution < -0.4 is 11.0 Å². The molecule has 1 aromatic carbocycles. The average molecular weight is 247 g/mol. The van der Waals surface area contributed by atoms with Gasteiger partial charge in [0.25, 0.3) is 0 Å². The average Bonchev–Trinajstić information content (AvgIpc) is 2.03. The second-order valence-electron chi connectivity index (χ2n) is 2.46. The van der Waals surface area contributed by atoms with Gasteiger partial charge in [-0.3, -0.25) is 9.36 Å². The minimum atomic E-state index is -4.22. The molecule has 72 valence electrons. The molecule has 0 atom stereocenters. The second kappa shape index (κ2) is 7.22. The molecule has 0 bridgehead atoms. The summed E-state index contributed by atoms with van der Waals surface area (Å²) in [6.07, 6.45) is 0. The van der Waals surface area contributed by atoms with Gasteiger partial charge < -0.3 is 15.5 Å². The van der Waals surface area contributed by atoms with Crippen LogP contribution >= 0.6 is 7.60 Å². The molecule has 0 aliphatic carbocycles. The van der Waals surface area contributed by atoms with Gasteiger partial charge in [0.2, 0.25) is 5.91 Å². The SMILES string of the molecule is NC(=O)c1ccc(P(=O)(O)O)cc1.[Na].[Na]. The summed E-state index contributed by atoms with van der Waals surface area (Å²) in [5, 5.41) is -0.127. The Labute approximate surface area is 131 Å². The van der Waals surface area contributed by atoms with E-state index in [1.165, 1.54) is 24.3 Å². The predicted molar refractivity (Wildman–Crippen MR) is 58.1 cm³/mol. The molecule has 0 saturated carbocycles. The van der Waals surface area contributed by atoms with E-state index < -0.39 is 13.5 Å². The molecule has 0 aliphatic rings. The molecule has 0 spiro atoms. The Morgan fingerprint density at radius 1 is 1.13 bits per heavy atom. The summed E-state index contributed by atoms with van der Waals surface area (Å²) < 4.78 is 10.7. The molecular weight excluding hydrogens is 239 g/mol. The van der Waals surface area contributed by atoms with Gasteiger partial charge in [-0.05, 0) is 24.3 Å². The van der Waals surface area contributed by atoms with Crippen molar-refractivity contribution >= 4 is 77.9 Å². The van der Waals surface area contributed by atoms with Crippen molar-refractivity contribution in [3.63, 3.8) is 0 Å². The van der Waals surface area contributed by atoms with Crippen LogP contribution in [0.3, 0.4) is 0 Å². The van der Waals surface area contributed by atoms with Gasteiger partial charge in [-0.25, -0.2) is 0 Å². The fourth-order valence-electron chi connectivity index (χ4n) is 0.820. The van der Waals surface area contributed by atoms with E-state index in [9.17, 15) is 9.36 Å². The van der Waals surface area contributed by atoms with Crippen LogP contribution in [0.15, 0.2) is 24.3 Å². The number of carbonyl (C=O) groups excluding carboxylic acids is 1. The van der Waals surface area contributed by atoms with Gasteiger partial charge in [-0.2, -0.15) is 0 Å². The Hall–Kier alpha value is 0.840. The maximum Gasteiger partial charge on any atom is 0.356 e. The zero-order chi connectivity index (χ0) is 10.1. The molecule has 1 amide bonds. The van der Waals surface area contributed by atoms with Gasteiger partial charge >= 0.3 is 7.60 Å². The maximum atomic E-state index is 10.7. The number of rotatable bonds is 2. The summed E-state index contributed by atoms with van der Waals surface area (Å²) in [6, 6.07) is 4.91. The second-order valence-corrected chi connectivity index (χ2v) is 4.06. The van der Waals surface area contributed by atoms with Crippen LogP contribution in [0, 0.1) is 0 Å². The van der Waals surface area contributed by atoms with Crippen molar-refractivity contribution in [2.24, 2.45) is 5.73 Å². The molecule has 0 aromatic heterocycles. The van der Waals surface area contributed by atoms with E-state index in [1.54, 1.807) is 0 Å². The minimum Gasteiger partial charge on any atom is -0.366 e. The van der Waals surface area contributed by atoms with Gasteiger partial charge in [0.1, 0.15) is 0 Å². The summed E-state index contributed by atoms with van der Waals surface area (Å²) >= 11 is 0. The fourth-order valence-corrected chi connectivity index (χ4v) is 1.36. The van der Waals surface area contributed by atoms with Gasteiger partial charge in [-0.15, -0.1) is 0 Å². The molecule has 0 heterocycles. The van der Waals surface area contributed by atoms with E-state index in [2.05, 4.69) is 0 Å². The Kier molecular flexibility index (Phi) is 8.77. The van der Waals surface area contributed by atoms with Crippen LogP contribution in [0.1, 0.15) is 10.4 Å². The third-order valence-corrected chi connectivity index (χ3v) is 2.46. The van der Waals surface area contributed by atoms with E-state index in [-0.39, 0.29) is 70.0 Å². The van der Waals surface area contributed by atoms with E-state index in [1.807, 2.05) is 0 Å². The summed E-state index contributed by atoms with van der Waals surface area (Å²) in [5.74, 6) is -0.628. The van der Waals surface area contributed by atoms with Crippen LogP contribution in [0.25, 0.3) is 0 Å². The minimum absolute atomic E-state index is 0. The van der Waals surface area contributed by atoms with Crippen LogP contribution in [0.2, 0.25) is 0 Å². The number of hydrogen-bond donors (Lipinski definition) is 3. The van der Waals surface area contributed by atoms with Gasteiger partial charge in [0.05, 0.1) is 5.30 Å². The number of primary amides is 1. The van der Waals surface area contributed by atoms with Crippen LogP contribution in [0.5, 0.6) is 0 Å². The van der Waals surface area contributed by atoms with Gasteiger partial charge in [0, 0.05) is 64.7 Å². The molecule has 2 radical (unpaired) electrons. The molecule has 0 fully saturated rings. The Bertz CT molecular complexity index is 375. The van der Waals surface area contributed by atoms with Crippen molar-refractivity contribution in [2.75, 3.05) is 0 Å². The monoisotopic (exact) mass is 247 g/mol. The van der Waals surface area contributed by atoms with Crippen molar-refractivity contribution in [3.8, 4) is 0 Å². The van der Waals surface area contributed by atoms with Crippen molar-refractivity contribution in [1.82, 2.24) is 0 Å². The number of benzene rings is 1. The van der Waals surface area contributed by atoms with Crippen molar-refractivity contribution in [1.29, 1.82) is 0 Å². The first-order chi connectivity index (χ1) is 5.91. The zero-order valence-corrected chi connectivity index (χ0v) is 13.4. The van der Waals surface area contributed by atoms with Gasteiger partial charge in [0.15, 0.2) is 0 Å². The molecular formula is C7H8NNa2O4P. The predicted octanol–water partition coefficient (Wildman–Crippen LogP) is -1.17. The molecule has 0 saturated heterocycles. The maximum absolute atomic E-state index is 10.7. The van der Waals surface area contributed by atoms with E-state index in [0.717, 1.165) is 0 Å². The summed E-state index contributed by atoms with van der Waals surface area (Å²) in [5.41, 5.74) is 5.16. The Balaban J connectivity index is 0. The van der Waals surface area contributed by atoms with E-state index >= 15 is 0 Å². The van der Waals surface area contributed by atoms with Crippen molar-refractivity contribution in [2.45, 2.75) is 0 Å². The molecule has 8 heteroatoms. The molecule has 0 unspecified atom stereocenters. The van der Waals surface area contributed by atoms with Crippen LogP contribution in [0.4, 0.5) is 0 Å². The summed E-state index contributed by atoms with van der Waals surface area (Å²) in [6.45, 7) is 0. The standard InChI is InChI=1S/C7H8NO4P.2Na/c8-7(9)5-1-3-6(4-2-5)13(10,11)12;;/h1-4H,(H2,8,9)(H2,10,11,12);;. The summed E-state index contributed by atoms with van der Waals surface area (Å²) in [4.78, 5) is 28.0. The quantitative estimate of drug-likeness (QED) is 0.452. The normalized spacial score (nSPS) is 9.73. The van der Waals surface area contributed by atoms with Crippen molar-refractivity contribution in [3.05, 3.63) is 29.8 Å². The first-order valence-corrected chi connectivity index (χ1v) is 4.98. The number of nitrogens with two attached hydrogens (primary N) is 1. The first kappa shape index (κ1) is 18.2. The molecule has 4 N–H and O–H groups in total. The Morgan fingerprint density at radius 3 is 1.80 bits per heavy atom. The molecule has 0 aliphatic heterocycles. The topological polar surface area (TPSA) is 101 Å². The van der Waals surface area contributed by atoms with Gasteiger partial charge in [-0.1, -0.05) is 0 Å². The van der Waals surface area contributed by atoms with E-state index in [0.29, 0.717) is 0 Å². The molecule has 15 heavy (non-hydrogen) atoms. The Morgan fingerprint density at radius 2 is 1.53 bits per heavy atom. The smallest absolute Gasteiger partial charge is 0.356 e. The van der Waals surface area contributed by atoms with Crippen LogP contribution in [-0.4, -0.2) is 74.8 Å². The number of hydrogen-bond acceptors (Lipinski definition) is 2. The van der Waals surface area contributed by atoms with Crippen molar-refractivity contribution < 1.29 is 19.1 Å². The number of amides is 1. The largest absolute Gasteiger partial charge is 0.366 e.